The molecule has 3 atom stereocenters. The number of ether oxygens (including phenoxy) is 1. The van der Waals surface area contributed by atoms with E-state index in [4.69, 9.17) is 4.74 Å². The minimum Gasteiger partial charge on any atom is -0.381 e. The Morgan fingerprint density at radius 1 is 1.19 bits per heavy atom. The molecular weight excluding hydrogens is 390 g/mol. The standard InChI is InChI=1S/C24H27N5O2/c1-14(15-6-4-3-5-7-15)25-24(30)23-26-20-12-18-19(13-21(20)27-23)28-29-22(18)16-8-10-17(31-2)11-9-16/h3-8,12-14,17,23,26-27H,9-11H2,1-2H3,(H,25,30)(H,28,29). The van der Waals surface area contributed by atoms with Crippen molar-refractivity contribution >= 4 is 33.8 Å². The first-order chi connectivity index (χ1) is 15.1. The lowest BCUT2D eigenvalue weighted by Crippen LogP contribution is -2.42. The van der Waals surface area contributed by atoms with E-state index in [1.165, 1.54) is 5.57 Å². The predicted molar refractivity (Wildman–Crippen MR) is 123 cm³/mol. The van der Waals surface area contributed by atoms with E-state index in [0.717, 1.165) is 52.8 Å². The highest BCUT2D eigenvalue weighted by Gasteiger charge is 2.28. The van der Waals surface area contributed by atoms with Crippen molar-refractivity contribution in [3.8, 4) is 0 Å². The highest BCUT2D eigenvalue weighted by molar-refractivity contribution is 6.01. The molecule has 3 unspecified atom stereocenters. The van der Waals surface area contributed by atoms with Crippen LogP contribution in [0.15, 0.2) is 48.5 Å². The van der Waals surface area contributed by atoms with Gasteiger partial charge in [0.05, 0.1) is 34.7 Å². The minimum absolute atomic E-state index is 0.0689. The van der Waals surface area contributed by atoms with Crippen LogP contribution in [0.5, 0.6) is 0 Å². The number of nitrogens with one attached hydrogen (secondary N) is 4. The summed E-state index contributed by atoms with van der Waals surface area (Å²) in [6, 6.07) is 14.0. The van der Waals surface area contributed by atoms with Crippen LogP contribution in [-0.4, -0.2) is 35.5 Å². The number of rotatable bonds is 5. The molecule has 1 aromatic heterocycles. The lowest BCUT2D eigenvalue weighted by atomic mass is 9.93. The van der Waals surface area contributed by atoms with Gasteiger partial charge in [-0.05, 0) is 49.5 Å². The quantitative estimate of drug-likeness (QED) is 0.500. The van der Waals surface area contributed by atoms with E-state index < -0.39 is 6.17 Å². The monoisotopic (exact) mass is 417 g/mol. The van der Waals surface area contributed by atoms with Gasteiger partial charge < -0.3 is 20.7 Å². The van der Waals surface area contributed by atoms with Crippen LogP contribution in [0.1, 0.15) is 43.5 Å². The summed E-state index contributed by atoms with van der Waals surface area (Å²) < 4.78 is 5.47. The molecule has 0 saturated heterocycles. The van der Waals surface area contributed by atoms with Crippen LogP contribution >= 0.6 is 0 Å². The predicted octanol–water partition coefficient (Wildman–Crippen LogP) is 4.19. The van der Waals surface area contributed by atoms with Crippen LogP contribution in [-0.2, 0) is 9.53 Å². The normalized spacial score (nSPS) is 21.0. The van der Waals surface area contributed by atoms with Crippen LogP contribution in [0.25, 0.3) is 16.5 Å². The van der Waals surface area contributed by atoms with Crippen molar-refractivity contribution in [2.24, 2.45) is 0 Å². The molecule has 1 aliphatic carbocycles. The summed E-state index contributed by atoms with van der Waals surface area (Å²) in [5, 5.41) is 18.5. The van der Waals surface area contributed by atoms with Crippen molar-refractivity contribution in [3.63, 3.8) is 0 Å². The second-order valence-corrected chi connectivity index (χ2v) is 8.24. The van der Waals surface area contributed by atoms with E-state index in [1.54, 1.807) is 7.11 Å². The van der Waals surface area contributed by atoms with Crippen LogP contribution < -0.4 is 16.0 Å². The fourth-order valence-corrected chi connectivity index (χ4v) is 4.39. The molecule has 0 bridgehead atoms. The van der Waals surface area contributed by atoms with Gasteiger partial charge in [-0.2, -0.15) is 5.10 Å². The maximum Gasteiger partial charge on any atom is 0.263 e. The number of anilines is 2. The van der Waals surface area contributed by atoms with Crippen molar-refractivity contribution in [3.05, 3.63) is 59.8 Å². The largest absolute Gasteiger partial charge is 0.381 e. The zero-order valence-electron chi connectivity index (χ0n) is 17.7. The average molecular weight is 418 g/mol. The van der Waals surface area contributed by atoms with Gasteiger partial charge >= 0.3 is 0 Å². The van der Waals surface area contributed by atoms with Gasteiger partial charge in [0.1, 0.15) is 0 Å². The molecule has 2 heterocycles. The number of amides is 1. The molecule has 31 heavy (non-hydrogen) atoms. The van der Waals surface area contributed by atoms with Gasteiger partial charge in [-0.1, -0.05) is 36.4 Å². The number of aromatic amines is 1. The second kappa shape index (κ2) is 8.07. The van der Waals surface area contributed by atoms with Crippen LogP contribution in [0, 0.1) is 0 Å². The smallest absolute Gasteiger partial charge is 0.263 e. The third kappa shape index (κ3) is 3.77. The van der Waals surface area contributed by atoms with E-state index in [0.29, 0.717) is 6.10 Å². The fourth-order valence-electron chi connectivity index (χ4n) is 4.39. The van der Waals surface area contributed by atoms with Crippen molar-refractivity contribution < 1.29 is 9.53 Å². The van der Waals surface area contributed by atoms with E-state index >= 15 is 0 Å². The summed E-state index contributed by atoms with van der Waals surface area (Å²) in [6.45, 7) is 1.99. The number of fused-ring (bicyclic) bond motifs is 2. The van der Waals surface area contributed by atoms with Crippen molar-refractivity contribution in [1.29, 1.82) is 0 Å². The first-order valence-electron chi connectivity index (χ1n) is 10.7. The number of aromatic nitrogens is 2. The van der Waals surface area contributed by atoms with Gasteiger partial charge in [0, 0.05) is 12.5 Å². The van der Waals surface area contributed by atoms with Crippen molar-refractivity contribution in [2.75, 3.05) is 17.7 Å². The van der Waals surface area contributed by atoms with Gasteiger partial charge in [-0.15, -0.1) is 0 Å². The van der Waals surface area contributed by atoms with Crippen LogP contribution in [0.4, 0.5) is 11.4 Å². The number of nitrogens with zero attached hydrogens (tertiary/aromatic N) is 1. The Labute approximate surface area is 181 Å². The Bertz CT molecular complexity index is 1140. The molecule has 0 saturated carbocycles. The summed E-state index contributed by atoms with van der Waals surface area (Å²) in [5.74, 6) is -0.0878. The molecule has 2 aliphatic rings. The molecule has 7 heteroatoms. The molecule has 1 amide bonds. The molecule has 7 nitrogen and oxygen atoms in total. The second-order valence-electron chi connectivity index (χ2n) is 8.24. The molecule has 0 fully saturated rings. The first-order valence-corrected chi connectivity index (χ1v) is 10.7. The molecule has 4 N–H and O–H groups in total. The molecule has 160 valence electrons. The Morgan fingerprint density at radius 3 is 2.68 bits per heavy atom. The Hall–Kier alpha value is -3.32. The lowest BCUT2D eigenvalue weighted by Gasteiger charge is -2.19. The number of allylic oxidation sites excluding steroid dienone is 1. The van der Waals surface area contributed by atoms with E-state index in [9.17, 15) is 4.79 Å². The van der Waals surface area contributed by atoms with Gasteiger partial charge in [-0.25, -0.2) is 0 Å². The van der Waals surface area contributed by atoms with E-state index in [2.05, 4.69) is 38.3 Å². The number of carbonyl (C=O) groups is 1. The molecule has 2 aromatic carbocycles. The summed E-state index contributed by atoms with van der Waals surface area (Å²) >= 11 is 0. The molecule has 5 rings (SSSR count). The van der Waals surface area contributed by atoms with Crippen LogP contribution in [0.3, 0.4) is 0 Å². The molecule has 0 spiro atoms. The van der Waals surface area contributed by atoms with Gasteiger partial charge in [0.25, 0.3) is 5.91 Å². The van der Waals surface area contributed by atoms with E-state index in [-0.39, 0.29) is 11.9 Å². The van der Waals surface area contributed by atoms with Gasteiger partial charge in [0.15, 0.2) is 6.17 Å². The third-order valence-corrected chi connectivity index (χ3v) is 6.22. The maximum absolute atomic E-state index is 12.8. The first kappa shape index (κ1) is 19.6. The highest BCUT2D eigenvalue weighted by atomic mass is 16.5. The van der Waals surface area contributed by atoms with Gasteiger partial charge in [0.2, 0.25) is 0 Å². The zero-order chi connectivity index (χ0) is 21.4. The lowest BCUT2D eigenvalue weighted by molar-refractivity contribution is -0.121. The number of hydrogen-bond acceptors (Lipinski definition) is 5. The van der Waals surface area contributed by atoms with E-state index in [1.807, 2.05) is 43.3 Å². The van der Waals surface area contributed by atoms with Gasteiger partial charge in [-0.3, -0.25) is 9.89 Å². The zero-order valence-corrected chi connectivity index (χ0v) is 17.7. The third-order valence-electron chi connectivity index (χ3n) is 6.22. The van der Waals surface area contributed by atoms with Crippen LogP contribution in [0.2, 0.25) is 0 Å². The number of H-pyrrole nitrogens is 1. The SMILES string of the molecule is COC1CC=C(c2n[nH]c3cc4c(cc23)NC(C(=O)NC(C)c2ccccc2)N4)CC1. The summed E-state index contributed by atoms with van der Waals surface area (Å²) in [5.41, 5.74) is 6.07. The molecule has 3 aromatic rings. The Morgan fingerprint density at radius 2 is 1.97 bits per heavy atom. The summed E-state index contributed by atoms with van der Waals surface area (Å²) in [4.78, 5) is 12.8. The average Bonchev–Trinajstić information content (AvgIpc) is 3.41. The molecule has 1 aliphatic heterocycles. The fraction of sp³-hybridized carbons (Fsp3) is 0.333. The van der Waals surface area contributed by atoms with Crippen molar-refractivity contribution in [1.82, 2.24) is 15.5 Å². The maximum atomic E-state index is 12.8. The summed E-state index contributed by atoms with van der Waals surface area (Å²) in [7, 11) is 1.77. The molecule has 0 radical (unpaired) electrons. The summed E-state index contributed by atoms with van der Waals surface area (Å²) in [6.07, 6.45) is 4.87. The Kier molecular flexibility index (Phi) is 5.11. The number of carbonyl (C=O) groups excluding carboxylic acids is 1. The topological polar surface area (TPSA) is 91.1 Å². The number of methoxy groups -OCH3 is 1. The highest BCUT2D eigenvalue weighted by Crippen LogP contribution is 2.37. The number of hydrogen-bond donors (Lipinski definition) is 4. The Balaban J connectivity index is 1.33. The van der Waals surface area contributed by atoms with Crippen molar-refractivity contribution in [2.45, 2.75) is 44.5 Å². The molecular formula is C24H27N5O2. The number of benzene rings is 2. The minimum atomic E-state index is -0.513.